The van der Waals surface area contributed by atoms with Crippen molar-refractivity contribution in [1.29, 1.82) is 0 Å². The molecule has 7 heteroatoms. The molecular weight excluding hydrogens is 416 g/mol. The minimum Gasteiger partial charge on any atom is -0.496 e. The van der Waals surface area contributed by atoms with Crippen molar-refractivity contribution in [2.75, 3.05) is 53.9 Å². The van der Waals surface area contributed by atoms with Gasteiger partial charge < -0.3 is 15.0 Å². The van der Waals surface area contributed by atoms with Crippen LogP contribution in [0.25, 0.3) is 0 Å². The van der Waals surface area contributed by atoms with Gasteiger partial charge in [0, 0.05) is 32.2 Å². The van der Waals surface area contributed by atoms with Crippen molar-refractivity contribution in [2.45, 2.75) is 38.6 Å². The molecule has 7 nitrogen and oxygen atoms in total. The molecule has 1 aromatic rings. The molecule has 1 aromatic carbocycles. The highest BCUT2D eigenvalue weighted by Crippen LogP contribution is 2.40. The SMILES string of the molecule is C=CCN1CC(C(=O)N(CCCN(C)C)C(=O)NCC)CC2Cc3c(cccc3OC)CC21. The lowest BCUT2D eigenvalue weighted by atomic mass is 9.72. The number of nitrogens with one attached hydrogen (secondary N) is 1. The molecule has 1 aliphatic carbocycles. The molecule has 0 aromatic heterocycles. The van der Waals surface area contributed by atoms with E-state index in [4.69, 9.17) is 4.74 Å². The molecule has 182 valence electrons. The molecule has 1 N–H and O–H groups in total. The highest BCUT2D eigenvalue weighted by atomic mass is 16.5. The van der Waals surface area contributed by atoms with Crippen LogP contribution in [-0.4, -0.2) is 86.6 Å². The molecule has 0 bridgehead atoms. The van der Waals surface area contributed by atoms with Gasteiger partial charge in [-0.2, -0.15) is 0 Å². The Morgan fingerprint density at radius 3 is 2.73 bits per heavy atom. The number of fused-ring (bicyclic) bond motifs is 2. The van der Waals surface area contributed by atoms with E-state index in [1.807, 2.05) is 33.2 Å². The lowest BCUT2D eigenvalue weighted by Gasteiger charge is -2.47. The normalized spacial score (nSPS) is 22.3. The molecule has 1 heterocycles. The van der Waals surface area contributed by atoms with Crippen molar-refractivity contribution < 1.29 is 14.3 Å². The Morgan fingerprint density at radius 2 is 2.06 bits per heavy atom. The maximum atomic E-state index is 13.7. The Morgan fingerprint density at radius 1 is 1.27 bits per heavy atom. The number of carbonyl (C=O) groups excluding carboxylic acids is 2. The van der Waals surface area contributed by atoms with Crippen LogP contribution in [0.4, 0.5) is 4.79 Å². The monoisotopic (exact) mass is 456 g/mol. The number of rotatable bonds is 9. The number of nitrogens with zero attached hydrogens (tertiary/aromatic N) is 3. The summed E-state index contributed by atoms with van der Waals surface area (Å²) in [4.78, 5) is 32.3. The fourth-order valence-corrected chi connectivity index (χ4v) is 5.42. The molecule has 0 spiro atoms. The number of benzene rings is 1. The fourth-order valence-electron chi connectivity index (χ4n) is 5.42. The zero-order chi connectivity index (χ0) is 24.0. The van der Waals surface area contributed by atoms with Crippen LogP contribution in [-0.2, 0) is 17.6 Å². The summed E-state index contributed by atoms with van der Waals surface area (Å²) in [5.74, 6) is 1.01. The lowest BCUT2D eigenvalue weighted by molar-refractivity contribution is -0.136. The largest absolute Gasteiger partial charge is 0.496 e. The quantitative estimate of drug-likeness (QED) is 0.579. The van der Waals surface area contributed by atoms with Crippen molar-refractivity contribution in [3.63, 3.8) is 0 Å². The smallest absolute Gasteiger partial charge is 0.324 e. The van der Waals surface area contributed by atoms with Gasteiger partial charge in [-0.1, -0.05) is 18.2 Å². The molecule has 3 rings (SSSR count). The van der Waals surface area contributed by atoms with Crippen molar-refractivity contribution >= 4 is 11.9 Å². The molecule has 33 heavy (non-hydrogen) atoms. The highest BCUT2D eigenvalue weighted by molar-refractivity contribution is 5.95. The number of imide groups is 1. The van der Waals surface area contributed by atoms with Crippen LogP contribution in [0.5, 0.6) is 5.75 Å². The van der Waals surface area contributed by atoms with Gasteiger partial charge in [-0.3, -0.25) is 14.6 Å². The summed E-state index contributed by atoms with van der Waals surface area (Å²) < 4.78 is 5.64. The summed E-state index contributed by atoms with van der Waals surface area (Å²) in [5, 5.41) is 2.83. The van der Waals surface area contributed by atoms with Crippen LogP contribution < -0.4 is 10.1 Å². The van der Waals surface area contributed by atoms with Crippen LogP contribution in [0, 0.1) is 11.8 Å². The third kappa shape index (κ3) is 5.95. The number of amides is 3. The number of likely N-dealkylation sites (tertiary alicyclic amines) is 1. The number of methoxy groups -OCH3 is 1. The second-order valence-electron chi connectivity index (χ2n) is 9.49. The first-order chi connectivity index (χ1) is 15.9. The predicted molar refractivity (Wildman–Crippen MR) is 132 cm³/mol. The van der Waals surface area contributed by atoms with E-state index in [0.29, 0.717) is 31.6 Å². The number of ether oxygens (including phenoxy) is 1. The average Bonchev–Trinajstić information content (AvgIpc) is 2.80. The predicted octanol–water partition coefficient (Wildman–Crippen LogP) is 2.80. The van der Waals surface area contributed by atoms with Crippen molar-refractivity contribution in [1.82, 2.24) is 20.0 Å². The summed E-state index contributed by atoms with van der Waals surface area (Å²) in [5.41, 5.74) is 2.60. The Hall–Kier alpha value is -2.38. The van der Waals surface area contributed by atoms with E-state index in [1.54, 1.807) is 7.11 Å². The molecule has 3 unspecified atom stereocenters. The molecule has 1 saturated heterocycles. The van der Waals surface area contributed by atoms with E-state index in [1.165, 1.54) is 16.0 Å². The van der Waals surface area contributed by atoms with Crippen LogP contribution in [0.1, 0.15) is 30.9 Å². The Kier molecular flexibility index (Phi) is 8.92. The van der Waals surface area contributed by atoms with Gasteiger partial charge in [0.1, 0.15) is 5.75 Å². The third-order valence-corrected chi connectivity index (χ3v) is 6.94. The highest BCUT2D eigenvalue weighted by Gasteiger charge is 2.43. The summed E-state index contributed by atoms with van der Waals surface area (Å²) >= 11 is 0. The van der Waals surface area contributed by atoms with Crippen LogP contribution in [0.3, 0.4) is 0 Å². The Bertz CT molecular complexity index is 841. The van der Waals surface area contributed by atoms with Crippen molar-refractivity contribution in [3.8, 4) is 5.75 Å². The first-order valence-corrected chi connectivity index (χ1v) is 12.1. The summed E-state index contributed by atoms with van der Waals surface area (Å²) in [6.07, 6.45) is 5.31. The van der Waals surface area contributed by atoms with Crippen LogP contribution in [0.15, 0.2) is 30.9 Å². The average molecular weight is 457 g/mol. The topological polar surface area (TPSA) is 65.1 Å². The number of piperidine rings is 1. The maximum Gasteiger partial charge on any atom is 0.324 e. The zero-order valence-corrected chi connectivity index (χ0v) is 20.7. The third-order valence-electron chi connectivity index (χ3n) is 6.94. The van der Waals surface area contributed by atoms with E-state index in [0.717, 1.165) is 44.5 Å². The standard InChI is InChI=1S/C26H40N4O3/c1-6-12-29-18-21(25(31)30(26(32)27-7-2)14-9-13-28(3)4)15-20-16-22-19(17-23(20)29)10-8-11-24(22)33-5/h6,8,10-11,20-21,23H,1,7,9,12-18H2,2-5H3,(H,27,32). The van der Waals surface area contributed by atoms with Crippen molar-refractivity contribution in [2.24, 2.45) is 11.8 Å². The Balaban J connectivity index is 1.82. The van der Waals surface area contributed by atoms with E-state index >= 15 is 0 Å². The van der Waals surface area contributed by atoms with Gasteiger partial charge in [0.2, 0.25) is 5.91 Å². The minimum absolute atomic E-state index is 0.0574. The second-order valence-corrected chi connectivity index (χ2v) is 9.49. The number of carbonyl (C=O) groups is 2. The van der Waals surface area contributed by atoms with Crippen LogP contribution >= 0.6 is 0 Å². The number of hydrogen-bond donors (Lipinski definition) is 1. The number of urea groups is 1. The Labute approximate surface area is 198 Å². The minimum atomic E-state index is -0.283. The maximum absolute atomic E-state index is 13.7. The first kappa shape index (κ1) is 25.2. The molecule has 1 fully saturated rings. The molecule has 3 atom stereocenters. The van der Waals surface area contributed by atoms with Crippen LogP contribution in [0.2, 0.25) is 0 Å². The summed E-state index contributed by atoms with van der Waals surface area (Å²) in [7, 11) is 5.72. The second kappa shape index (κ2) is 11.7. The van der Waals surface area contributed by atoms with E-state index in [-0.39, 0.29) is 17.9 Å². The fraction of sp³-hybridized carbons (Fsp3) is 0.615. The lowest BCUT2D eigenvalue weighted by Crippen LogP contribution is -2.56. The number of hydrogen-bond acceptors (Lipinski definition) is 5. The van der Waals surface area contributed by atoms with E-state index in [2.05, 4.69) is 33.8 Å². The van der Waals surface area contributed by atoms with Gasteiger partial charge in [-0.15, -0.1) is 6.58 Å². The molecule has 0 radical (unpaired) electrons. The molecule has 2 aliphatic rings. The first-order valence-electron chi connectivity index (χ1n) is 12.1. The molecule has 1 aliphatic heterocycles. The van der Waals surface area contributed by atoms with Gasteiger partial charge in [-0.25, -0.2) is 4.79 Å². The van der Waals surface area contributed by atoms with Crippen molar-refractivity contribution in [3.05, 3.63) is 42.0 Å². The molecule has 0 saturated carbocycles. The molecule has 3 amide bonds. The zero-order valence-electron chi connectivity index (χ0n) is 20.7. The van der Waals surface area contributed by atoms with Gasteiger partial charge in [-0.05, 0) is 76.4 Å². The summed E-state index contributed by atoms with van der Waals surface area (Å²) in [6.45, 7) is 9.01. The van der Waals surface area contributed by atoms with Gasteiger partial charge in [0.15, 0.2) is 0 Å². The molecular formula is C26H40N4O3. The summed E-state index contributed by atoms with van der Waals surface area (Å²) in [6, 6.07) is 6.36. The van der Waals surface area contributed by atoms with Gasteiger partial charge >= 0.3 is 6.03 Å². The van der Waals surface area contributed by atoms with E-state index in [9.17, 15) is 9.59 Å². The van der Waals surface area contributed by atoms with Gasteiger partial charge in [0.05, 0.1) is 13.0 Å². The van der Waals surface area contributed by atoms with Gasteiger partial charge in [0.25, 0.3) is 0 Å². The van der Waals surface area contributed by atoms with E-state index < -0.39 is 0 Å².